The SMILES string of the molecule is COc1ccc(NC(=O)/C(C#N)=C/c2cc(C)n(-c3ccc(-c4ccccc4)cc3)c2C)cc1. The van der Waals surface area contributed by atoms with Crippen LogP contribution in [0.1, 0.15) is 17.0 Å². The number of nitrogens with zero attached hydrogens (tertiary/aromatic N) is 2. The summed E-state index contributed by atoms with van der Waals surface area (Å²) in [5.41, 5.74) is 6.76. The number of methoxy groups -OCH3 is 1. The van der Waals surface area contributed by atoms with E-state index >= 15 is 0 Å². The molecule has 34 heavy (non-hydrogen) atoms. The Balaban J connectivity index is 1.59. The molecule has 0 bridgehead atoms. The van der Waals surface area contributed by atoms with E-state index in [1.807, 2.05) is 44.2 Å². The molecule has 0 saturated heterocycles. The third kappa shape index (κ3) is 4.77. The normalized spacial score (nSPS) is 11.1. The van der Waals surface area contributed by atoms with Gasteiger partial charge in [-0.15, -0.1) is 0 Å². The number of carbonyl (C=O) groups is 1. The maximum atomic E-state index is 12.7. The molecule has 1 N–H and O–H groups in total. The first-order valence-electron chi connectivity index (χ1n) is 10.9. The predicted octanol–water partition coefficient (Wildman–Crippen LogP) is 6.32. The second kappa shape index (κ2) is 9.93. The topological polar surface area (TPSA) is 67.0 Å². The Labute approximate surface area is 199 Å². The van der Waals surface area contributed by atoms with Gasteiger partial charge in [0, 0.05) is 22.8 Å². The second-order valence-corrected chi connectivity index (χ2v) is 7.93. The van der Waals surface area contributed by atoms with E-state index < -0.39 is 5.91 Å². The zero-order valence-corrected chi connectivity index (χ0v) is 19.4. The lowest BCUT2D eigenvalue weighted by atomic mass is 10.1. The molecule has 0 spiro atoms. The molecule has 0 atom stereocenters. The van der Waals surface area contributed by atoms with Crippen molar-refractivity contribution >= 4 is 17.7 Å². The highest BCUT2D eigenvalue weighted by Gasteiger charge is 2.14. The van der Waals surface area contributed by atoms with Gasteiger partial charge in [-0.05, 0) is 79.1 Å². The van der Waals surface area contributed by atoms with Crippen LogP contribution in [0.15, 0.2) is 90.5 Å². The molecule has 1 aromatic heterocycles. The summed E-state index contributed by atoms with van der Waals surface area (Å²) in [7, 11) is 1.58. The van der Waals surface area contributed by atoms with Crippen LogP contribution in [-0.2, 0) is 4.79 Å². The highest BCUT2D eigenvalue weighted by molar-refractivity contribution is 6.09. The van der Waals surface area contributed by atoms with Crippen molar-refractivity contribution in [3.05, 3.63) is 107 Å². The van der Waals surface area contributed by atoms with Gasteiger partial charge in [0.15, 0.2) is 0 Å². The third-order valence-corrected chi connectivity index (χ3v) is 5.72. The molecule has 0 aliphatic heterocycles. The Hall–Kier alpha value is -4.56. The molecule has 0 aliphatic rings. The zero-order valence-electron chi connectivity index (χ0n) is 19.4. The monoisotopic (exact) mass is 447 g/mol. The number of nitriles is 1. The van der Waals surface area contributed by atoms with Gasteiger partial charge in [0.05, 0.1) is 7.11 Å². The molecular formula is C29H25N3O2. The molecular weight excluding hydrogens is 422 g/mol. The summed E-state index contributed by atoms with van der Waals surface area (Å²) in [6, 6.07) is 29.6. The summed E-state index contributed by atoms with van der Waals surface area (Å²) >= 11 is 0. The van der Waals surface area contributed by atoms with Gasteiger partial charge in [-0.1, -0.05) is 42.5 Å². The Morgan fingerprint density at radius 1 is 0.941 bits per heavy atom. The number of amides is 1. The second-order valence-electron chi connectivity index (χ2n) is 7.93. The number of hydrogen-bond acceptors (Lipinski definition) is 3. The average molecular weight is 448 g/mol. The van der Waals surface area contributed by atoms with E-state index in [0.717, 1.165) is 28.2 Å². The quantitative estimate of drug-likeness (QED) is 0.278. The van der Waals surface area contributed by atoms with Crippen LogP contribution in [0.3, 0.4) is 0 Å². The molecule has 1 heterocycles. The fourth-order valence-electron chi connectivity index (χ4n) is 3.94. The molecule has 1 amide bonds. The van der Waals surface area contributed by atoms with Gasteiger partial charge in [-0.3, -0.25) is 4.79 Å². The minimum atomic E-state index is -0.454. The van der Waals surface area contributed by atoms with Gasteiger partial charge in [0.25, 0.3) is 5.91 Å². The Kier molecular flexibility index (Phi) is 6.61. The number of aromatic nitrogens is 1. The minimum Gasteiger partial charge on any atom is -0.497 e. The molecule has 0 radical (unpaired) electrons. The van der Waals surface area contributed by atoms with Crippen LogP contribution >= 0.6 is 0 Å². The van der Waals surface area contributed by atoms with Crippen LogP contribution in [0.5, 0.6) is 5.75 Å². The molecule has 0 saturated carbocycles. The molecule has 0 unspecified atom stereocenters. The number of aryl methyl sites for hydroxylation is 1. The van der Waals surface area contributed by atoms with Crippen LogP contribution < -0.4 is 10.1 Å². The standard InChI is InChI=1S/C29H25N3O2/c1-20-17-24(18-25(19-30)29(33)31-26-11-15-28(34-3)16-12-26)21(2)32(20)27-13-9-23(10-14-27)22-7-5-4-6-8-22/h4-18H,1-3H3,(H,31,33)/b25-18+. The van der Waals surface area contributed by atoms with Crippen molar-refractivity contribution in [2.45, 2.75) is 13.8 Å². The smallest absolute Gasteiger partial charge is 0.266 e. The van der Waals surface area contributed by atoms with Gasteiger partial charge in [-0.25, -0.2) is 0 Å². The first kappa shape index (κ1) is 22.6. The molecule has 4 rings (SSSR count). The van der Waals surface area contributed by atoms with Gasteiger partial charge in [0.1, 0.15) is 17.4 Å². The lowest BCUT2D eigenvalue weighted by molar-refractivity contribution is -0.112. The van der Waals surface area contributed by atoms with Crippen LogP contribution in [0.4, 0.5) is 5.69 Å². The number of nitrogens with one attached hydrogen (secondary N) is 1. The maximum Gasteiger partial charge on any atom is 0.266 e. The number of carbonyl (C=O) groups excluding carboxylic acids is 1. The largest absolute Gasteiger partial charge is 0.497 e. The van der Waals surface area contributed by atoms with Crippen molar-refractivity contribution in [2.24, 2.45) is 0 Å². The number of anilines is 1. The van der Waals surface area contributed by atoms with E-state index in [1.54, 1.807) is 37.5 Å². The van der Waals surface area contributed by atoms with E-state index in [1.165, 1.54) is 5.56 Å². The van der Waals surface area contributed by atoms with Crippen molar-refractivity contribution in [1.82, 2.24) is 4.57 Å². The number of hydrogen-bond donors (Lipinski definition) is 1. The minimum absolute atomic E-state index is 0.0375. The molecule has 0 fully saturated rings. The first-order chi connectivity index (χ1) is 16.5. The van der Waals surface area contributed by atoms with Gasteiger partial charge >= 0.3 is 0 Å². The number of ether oxygens (including phenoxy) is 1. The average Bonchev–Trinajstić information content (AvgIpc) is 3.15. The van der Waals surface area contributed by atoms with Gasteiger partial charge in [-0.2, -0.15) is 5.26 Å². The maximum absolute atomic E-state index is 12.7. The van der Waals surface area contributed by atoms with Gasteiger partial charge < -0.3 is 14.6 Å². The van der Waals surface area contributed by atoms with Crippen molar-refractivity contribution in [1.29, 1.82) is 5.26 Å². The van der Waals surface area contributed by atoms with Crippen molar-refractivity contribution in [3.8, 4) is 28.6 Å². The third-order valence-electron chi connectivity index (χ3n) is 5.72. The van der Waals surface area contributed by atoms with Crippen LogP contribution in [0.2, 0.25) is 0 Å². The summed E-state index contributed by atoms with van der Waals surface area (Å²) in [4.78, 5) is 12.7. The van der Waals surface area contributed by atoms with Crippen molar-refractivity contribution < 1.29 is 9.53 Å². The summed E-state index contributed by atoms with van der Waals surface area (Å²) in [6.07, 6.45) is 1.63. The molecule has 168 valence electrons. The summed E-state index contributed by atoms with van der Waals surface area (Å²) < 4.78 is 7.26. The fraction of sp³-hybridized carbons (Fsp3) is 0.103. The number of benzene rings is 3. The number of rotatable bonds is 6. The predicted molar refractivity (Wildman–Crippen MR) is 136 cm³/mol. The van der Waals surface area contributed by atoms with Crippen LogP contribution in [0, 0.1) is 25.2 Å². The van der Waals surface area contributed by atoms with Crippen LogP contribution in [0.25, 0.3) is 22.9 Å². The van der Waals surface area contributed by atoms with Crippen molar-refractivity contribution in [3.63, 3.8) is 0 Å². The van der Waals surface area contributed by atoms with Crippen LogP contribution in [-0.4, -0.2) is 17.6 Å². The van der Waals surface area contributed by atoms with E-state index in [4.69, 9.17) is 4.74 Å². The van der Waals surface area contributed by atoms with E-state index in [9.17, 15) is 10.1 Å². The lowest BCUT2D eigenvalue weighted by Crippen LogP contribution is -2.13. The Morgan fingerprint density at radius 2 is 1.59 bits per heavy atom. The van der Waals surface area contributed by atoms with E-state index in [2.05, 4.69) is 46.3 Å². The van der Waals surface area contributed by atoms with E-state index in [-0.39, 0.29) is 5.57 Å². The summed E-state index contributed by atoms with van der Waals surface area (Å²) in [5, 5.41) is 12.4. The fourth-order valence-corrected chi connectivity index (χ4v) is 3.94. The first-order valence-corrected chi connectivity index (χ1v) is 10.9. The molecule has 4 aromatic rings. The Morgan fingerprint density at radius 3 is 2.21 bits per heavy atom. The van der Waals surface area contributed by atoms with E-state index in [0.29, 0.717) is 11.4 Å². The molecule has 0 aliphatic carbocycles. The Bertz CT molecular complexity index is 1370. The highest BCUT2D eigenvalue weighted by atomic mass is 16.5. The molecule has 3 aromatic carbocycles. The summed E-state index contributed by atoms with van der Waals surface area (Å²) in [6.45, 7) is 4.00. The summed E-state index contributed by atoms with van der Waals surface area (Å²) in [5.74, 6) is 0.239. The van der Waals surface area contributed by atoms with Crippen molar-refractivity contribution in [2.75, 3.05) is 12.4 Å². The lowest BCUT2D eigenvalue weighted by Gasteiger charge is -2.11. The zero-order chi connectivity index (χ0) is 24.1. The molecule has 5 heteroatoms. The molecule has 5 nitrogen and oxygen atoms in total. The van der Waals surface area contributed by atoms with Gasteiger partial charge in [0.2, 0.25) is 0 Å². The highest BCUT2D eigenvalue weighted by Crippen LogP contribution is 2.26.